The van der Waals surface area contributed by atoms with Gasteiger partial charge in [-0.2, -0.15) is 0 Å². The summed E-state index contributed by atoms with van der Waals surface area (Å²) in [4.78, 5) is 12.4. The summed E-state index contributed by atoms with van der Waals surface area (Å²) in [7, 11) is -2.43. The van der Waals surface area contributed by atoms with Crippen molar-refractivity contribution in [1.29, 1.82) is 0 Å². The van der Waals surface area contributed by atoms with Crippen molar-refractivity contribution in [3.63, 3.8) is 0 Å². The summed E-state index contributed by atoms with van der Waals surface area (Å²) < 4.78 is 6.10. The van der Waals surface area contributed by atoms with E-state index in [0.717, 1.165) is 6.42 Å². The fourth-order valence-electron chi connectivity index (χ4n) is 4.49. The molecule has 136 valence electrons. The van der Waals surface area contributed by atoms with E-state index in [-0.39, 0.29) is 16.7 Å². The van der Waals surface area contributed by atoms with Crippen LogP contribution in [0.25, 0.3) is 0 Å². The summed E-state index contributed by atoms with van der Waals surface area (Å²) >= 11 is 0. The van der Waals surface area contributed by atoms with E-state index in [1.807, 2.05) is 6.92 Å². The Balaban J connectivity index is 2.29. The van der Waals surface area contributed by atoms with Crippen LogP contribution in [-0.4, -0.2) is 19.8 Å². The molecule has 3 heteroatoms. The van der Waals surface area contributed by atoms with Crippen LogP contribution in [-0.2, 0) is 9.53 Å². The average molecular weight is 365 g/mol. The number of hydrogen-bond acceptors (Lipinski definition) is 2. The number of ether oxygens (including phenoxy) is 1. The second-order valence-corrected chi connectivity index (χ2v) is 13.0. The lowest BCUT2D eigenvalue weighted by Crippen LogP contribution is -2.73. The Morgan fingerprint density at radius 1 is 0.962 bits per heavy atom. The standard InChI is InChI=1S/C23H28O2Si/c1-5-18-16-21(24)25-22(17-18)26(23(2,3)4,19-12-8-6-9-13-19)20-14-10-7-11-15-20/h5-15,22H,16-17H2,1-4H3/b18-5+. The average Bonchev–Trinajstić information content (AvgIpc) is 2.62. The first-order valence-electron chi connectivity index (χ1n) is 9.34. The van der Waals surface area contributed by atoms with Crippen LogP contribution in [0.5, 0.6) is 0 Å². The molecule has 2 nitrogen and oxygen atoms in total. The van der Waals surface area contributed by atoms with Gasteiger partial charge in [-0.25, -0.2) is 0 Å². The molecule has 1 saturated heterocycles. The molecule has 0 aliphatic carbocycles. The zero-order valence-electron chi connectivity index (χ0n) is 16.2. The third-order valence-corrected chi connectivity index (χ3v) is 11.8. The zero-order chi connectivity index (χ0) is 18.8. The van der Waals surface area contributed by atoms with Gasteiger partial charge >= 0.3 is 5.97 Å². The Morgan fingerprint density at radius 3 is 1.88 bits per heavy atom. The van der Waals surface area contributed by atoms with Gasteiger partial charge in [0, 0.05) is 6.42 Å². The largest absolute Gasteiger partial charge is 0.465 e. The second kappa shape index (κ2) is 7.24. The molecule has 26 heavy (non-hydrogen) atoms. The smallest absolute Gasteiger partial charge is 0.309 e. The van der Waals surface area contributed by atoms with E-state index >= 15 is 0 Å². The molecule has 0 radical (unpaired) electrons. The van der Waals surface area contributed by atoms with Gasteiger partial charge in [0.05, 0.1) is 6.42 Å². The van der Waals surface area contributed by atoms with E-state index in [2.05, 4.69) is 87.5 Å². The van der Waals surface area contributed by atoms with E-state index in [0.29, 0.717) is 6.42 Å². The van der Waals surface area contributed by atoms with Crippen LogP contribution in [0.4, 0.5) is 0 Å². The fraction of sp³-hybridized carbons (Fsp3) is 0.348. The van der Waals surface area contributed by atoms with Gasteiger partial charge in [0.2, 0.25) is 0 Å². The van der Waals surface area contributed by atoms with E-state index < -0.39 is 8.07 Å². The first kappa shape index (κ1) is 18.7. The fourth-order valence-corrected chi connectivity index (χ4v) is 10.6. The molecule has 1 unspecified atom stereocenters. The lowest BCUT2D eigenvalue weighted by Gasteiger charge is -2.49. The molecule has 0 amide bonds. The van der Waals surface area contributed by atoms with Crippen LogP contribution in [0, 0.1) is 0 Å². The lowest BCUT2D eigenvalue weighted by atomic mass is 10.1. The summed E-state index contributed by atoms with van der Waals surface area (Å²) in [5.74, 6) is -0.0951. The first-order valence-corrected chi connectivity index (χ1v) is 11.4. The zero-order valence-corrected chi connectivity index (χ0v) is 17.2. The Kier molecular flexibility index (Phi) is 5.19. The summed E-state index contributed by atoms with van der Waals surface area (Å²) in [5.41, 5.74) is 1.10. The number of carbonyl (C=O) groups excluding carboxylic acids is 1. The minimum Gasteiger partial charge on any atom is -0.465 e. The lowest BCUT2D eigenvalue weighted by molar-refractivity contribution is -0.147. The Bertz CT molecular complexity index is 748. The van der Waals surface area contributed by atoms with Gasteiger partial charge in [0.15, 0.2) is 8.07 Å². The van der Waals surface area contributed by atoms with Gasteiger partial charge in [0.25, 0.3) is 0 Å². The topological polar surface area (TPSA) is 26.3 Å². The van der Waals surface area contributed by atoms with E-state index in [4.69, 9.17) is 4.74 Å². The van der Waals surface area contributed by atoms with Gasteiger partial charge < -0.3 is 4.74 Å². The van der Waals surface area contributed by atoms with E-state index in [9.17, 15) is 4.79 Å². The molecule has 0 saturated carbocycles. The second-order valence-electron chi connectivity index (χ2n) is 8.10. The maximum atomic E-state index is 12.4. The van der Waals surface area contributed by atoms with E-state index in [1.165, 1.54) is 15.9 Å². The number of benzene rings is 2. The molecular formula is C23H28O2Si. The summed E-state index contributed by atoms with van der Waals surface area (Å²) in [5, 5.41) is 2.64. The number of cyclic esters (lactones) is 1. The predicted octanol–water partition coefficient (Wildman–Crippen LogP) is 4.24. The molecular weight excluding hydrogens is 336 g/mol. The Labute approximate surface area is 157 Å². The van der Waals surface area contributed by atoms with Crippen molar-refractivity contribution in [2.24, 2.45) is 0 Å². The van der Waals surface area contributed by atoms with Crippen LogP contribution in [0.2, 0.25) is 5.04 Å². The molecule has 2 aromatic rings. The molecule has 0 N–H and O–H groups in total. The van der Waals surface area contributed by atoms with Crippen molar-refractivity contribution in [2.75, 3.05) is 0 Å². The molecule has 1 aliphatic rings. The summed E-state index contributed by atoms with van der Waals surface area (Å²) in [6.45, 7) is 8.93. The Hall–Kier alpha value is -2.13. The van der Waals surface area contributed by atoms with Crippen molar-refractivity contribution in [3.8, 4) is 0 Å². The van der Waals surface area contributed by atoms with Crippen LogP contribution in [0.15, 0.2) is 72.3 Å². The molecule has 0 spiro atoms. The van der Waals surface area contributed by atoms with Gasteiger partial charge in [-0.3, -0.25) is 4.79 Å². The molecule has 1 fully saturated rings. The van der Waals surface area contributed by atoms with Crippen LogP contribution in [0.1, 0.15) is 40.5 Å². The van der Waals surface area contributed by atoms with Crippen molar-refractivity contribution < 1.29 is 9.53 Å². The third kappa shape index (κ3) is 3.16. The molecule has 2 aromatic carbocycles. The summed E-state index contributed by atoms with van der Waals surface area (Å²) in [6.07, 6.45) is 3.34. The van der Waals surface area contributed by atoms with E-state index in [1.54, 1.807) is 0 Å². The van der Waals surface area contributed by atoms with Gasteiger partial charge in [-0.1, -0.05) is 93.1 Å². The van der Waals surface area contributed by atoms with Gasteiger partial charge in [-0.15, -0.1) is 0 Å². The molecule has 1 atom stereocenters. The number of allylic oxidation sites excluding steroid dienone is 1. The van der Waals surface area contributed by atoms with Gasteiger partial charge in [0.1, 0.15) is 5.73 Å². The minimum absolute atomic E-state index is 0.0170. The maximum absolute atomic E-state index is 12.4. The first-order chi connectivity index (χ1) is 12.4. The summed E-state index contributed by atoms with van der Waals surface area (Å²) in [6, 6.07) is 21.4. The van der Waals surface area contributed by atoms with Crippen LogP contribution >= 0.6 is 0 Å². The van der Waals surface area contributed by atoms with Crippen LogP contribution < -0.4 is 10.4 Å². The van der Waals surface area contributed by atoms with Gasteiger partial charge in [-0.05, 0) is 22.3 Å². The number of hydrogen-bond donors (Lipinski definition) is 0. The van der Waals surface area contributed by atoms with Crippen LogP contribution in [0.3, 0.4) is 0 Å². The molecule has 0 aromatic heterocycles. The highest BCUT2D eigenvalue weighted by Crippen LogP contribution is 2.42. The highest BCUT2D eigenvalue weighted by atomic mass is 28.3. The highest BCUT2D eigenvalue weighted by molar-refractivity contribution is 7.05. The number of rotatable bonds is 3. The van der Waals surface area contributed by atoms with Crippen molar-refractivity contribution in [3.05, 3.63) is 72.3 Å². The maximum Gasteiger partial charge on any atom is 0.309 e. The SMILES string of the molecule is C/C=C1\CC(=O)OC([Si](c2ccccc2)(c2ccccc2)C(C)(C)C)C1. The third-order valence-electron chi connectivity index (χ3n) is 5.63. The predicted molar refractivity (Wildman–Crippen MR) is 110 cm³/mol. The molecule has 0 bridgehead atoms. The molecule has 3 rings (SSSR count). The quantitative estimate of drug-likeness (QED) is 0.462. The van der Waals surface area contributed by atoms with Crippen molar-refractivity contribution in [2.45, 2.75) is 51.3 Å². The molecule has 1 heterocycles. The minimum atomic E-state index is -2.43. The van der Waals surface area contributed by atoms with Crippen molar-refractivity contribution >= 4 is 24.4 Å². The highest BCUT2D eigenvalue weighted by Gasteiger charge is 2.56. The monoisotopic (exact) mass is 364 g/mol. The number of esters is 1. The van der Waals surface area contributed by atoms with Crippen molar-refractivity contribution in [1.82, 2.24) is 0 Å². The number of carbonyl (C=O) groups is 1. The Morgan fingerprint density at radius 2 is 1.46 bits per heavy atom. The normalized spacial score (nSPS) is 20.1. The molecule has 1 aliphatic heterocycles.